The highest BCUT2D eigenvalue weighted by Gasteiger charge is 2.11. The van der Waals surface area contributed by atoms with Crippen LogP contribution in [0.5, 0.6) is 0 Å². The first-order valence-corrected chi connectivity index (χ1v) is 7.59. The molecule has 1 aromatic heterocycles. The van der Waals surface area contributed by atoms with Crippen LogP contribution in [0.1, 0.15) is 20.8 Å². The number of nitrogens with zero attached hydrogens (tertiary/aromatic N) is 1. The van der Waals surface area contributed by atoms with Gasteiger partial charge in [0.05, 0.1) is 0 Å². The molecular weight excluding hydrogens is 354 g/mol. The van der Waals surface area contributed by atoms with Crippen molar-refractivity contribution in [2.24, 2.45) is 10.7 Å². The average molecular weight is 372 g/mol. The van der Waals surface area contributed by atoms with E-state index in [9.17, 15) is 9.59 Å². The van der Waals surface area contributed by atoms with E-state index in [4.69, 9.17) is 5.73 Å². The molecule has 0 aliphatic heterocycles. The van der Waals surface area contributed by atoms with Crippen LogP contribution >= 0.6 is 12.4 Å². The lowest BCUT2D eigenvalue weighted by Gasteiger charge is -2.05. The molecule has 0 aliphatic rings. The van der Waals surface area contributed by atoms with Gasteiger partial charge in [0.25, 0.3) is 11.8 Å². The standard InChI is InChI=1S/C18H17N5O2.ClH/c1-20-18(19)23-17(25)15-9-12-7-8-13(10-14(12)22-15)21-16(24)11-5-3-2-4-6-11;/h2-10,22H,1H3,(H,21,24)(H3,19,20,23,25);1H. The van der Waals surface area contributed by atoms with E-state index in [1.54, 1.807) is 42.5 Å². The van der Waals surface area contributed by atoms with Gasteiger partial charge in [-0.05, 0) is 30.3 Å². The number of nitrogens with one attached hydrogen (secondary N) is 3. The van der Waals surface area contributed by atoms with Gasteiger partial charge in [0.15, 0.2) is 5.96 Å². The lowest BCUT2D eigenvalue weighted by Crippen LogP contribution is -2.36. The van der Waals surface area contributed by atoms with Crippen LogP contribution < -0.4 is 16.4 Å². The minimum absolute atomic E-state index is 0. The van der Waals surface area contributed by atoms with E-state index in [2.05, 4.69) is 20.6 Å². The molecule has 3 aromatic rings. The van der Waals surface area contributed by atoms with Crippen LogP contribution in [0.25, 0.3) is 10.9 Å². The first-order chi connectivity index (χ1) is 12.1. The van der Waals surface area contributed by atoms with Crippen molar-refractivity contribution < 1.29 is 9.59 Å². The van der Waals surface area contributed by atoms with Crippen LogP contribution in [0.4, 0.5) is 5.69 Å². The zero-order valence-corrected chi connectivity index (χ0v) is 14.8. The first-order valence-electron chi connectivity index (χ1n) is 7.59. The van der Waals surface area contributed by atoms with Crippen LogP contribution in [0.15, 0.2) is 59.6 Å². The number of nitrogens with two attached hydrogens (primary N) is 1. The van der Waals surface area contributed by atoms with E-state index in [1.807, 2.05) is 12.1 Å². The highest BCUT2D eigenvalue weighted by atomic mass is 35.5. The summed E-state index contributed by atoms with van der Waals surface area (Å²) in [6.07, 6.45) is 0. The first kappa shape index (κ1) is 19.0. The normalized spacial score (nSPS) is 10.9. The fourth-order valence-corrected chi connectivity index (χ4v) is 2.36. The summed E-state index contributed by atoms with van der Waals surface area (Å²) in [6.45, 7) is 0. The zero-order valence-electron chi connectivity index (χ0n) is 13.9. The fraction of sp³-hybridized carbons (Fsp3) is 0.0556. The number of aliphatic imine (C=N–C) groups is 1. The maximum Gasteiger partial charge on any atom is 0.274 e. The number of carbonyl (C=O) groups is 2. The summed E-state index contributed by atoms with van der Waals surface area (Å²) >= 11 is 0. The number of hydrogen-bond donors (Lipinski definition) is 4. The van der Waals surface area contributed by atoms with Gasteiger partial charge in [-0.3, -0.25) is 19.9 Å². The lowest BCUT2D eigenvalue weighted by atomic mass is 10.2. The lowest BCUT2D eigenvalue weighted by molar-refractivity contribution is 0.0971. The Morgan fingerprint density at radius 1 is 1.04 bits per heavy atom. The fourth-order valence-electron chi connectivity index (χ4n) is 2.36. The molecule has 0 radical (unpaired) electrons. The maximum absolute atomic E-state index is 12.2. The van der Waals surface area contributed by atoms with E-state index < -0.39 is 0 Å². The third kappa shape index (κ3) is 4.20. The van der Waals surface area contributed by atoms with Crippen molar-refractivity contribution in [1.29, 1.82) is 0 Å². The van der Waals surface area contributed by atoms with Crippen molar-refractivity contribution in [1.82, 2.24) is 10.3 Å². The Labute approximate surface area is 156 Å². The van der Waals surface area contributed by atoms with E-state index in [0.717, 1.165) is 10.9 Å². The molecule has 0 spiro atoms. The number of guanidine groups is 1. The van der Waals surface area contributed by atoms with Gasteiger partial charge in [-0.2, -0.15) is 0 Å². The summed E-state index contributed by atoms with van der Waals surface area (Å²) in [5.41, 5.74) is 7.78. The summed E-state index contributed by atoms with van der Waals surface area (Å²) in [4.78, 5) is 31.0. The summed E-state index contributed by atoms with van der Waals surface area (Å²) in [5.74, 6) is -0.537. The molecule has 0 aliphatic carbocycles. The van der Waals surface area contributed by atoms with Crippen molar-refractivity contribution in [2.45, 2.75) is 0 Å². The van der Waals surface area contributed by atoms with Gasteiger partial charge in [0.2, 0.25) is 0 Å². The largest absolute Gasteiger partial charge is 0.370 e. The average Bonchev–Trinajstić information content (AvgIpc) is 3.05. The maximum atomic E-state index is 12.2. The smallest absolute Gasteiger partial charge is 0.274 e. The SMILES string of the molecule is CN=C(N)NC(=O)c1cc2ccc(NC(=O)c3ccccc3)cc2[nH]1.Cl. The second-order valence-electron chi connectivity index (χ2n) is 5.37. The number of benzene rings is 2. The number of fused-ring (bicyclic) bond motifs is 1. The predicted molar refractivity (Wildman–Crippen MR) is 105 cm³/mol. The number of anilines is 1. The summed E-state index contributed by atoms with van der Waals surface area (Å²) in [6, 6.07) is 16.0. The molecule has 2 amide bonds. The van der Waals surface area contributed by atoms with Crippen molar-refractivity contribution in [2.75, 3.05) is 12.4 Å². The van der Waals surface area contributed by atoms with Gasteiger partial charge >= 0.3 is 0 Å². The van der Waals surface area contributed by atoms with E-state index in [-0.39, 0.29) is 30.2 Å². The number of halogens is 1. The molecule has 5 N–H and O–H groups in total. The molecule has 134 valence electrons. The van der Waals surface area contributed by atoms with Gasteiger partial charge in [-0.1, -0.05) is 24.3 Å². The molecular formula is C18H18ClN5O2. The summed E-state index contributed by atoms with van der Waals surface area (Å²) in [7, 11) is 1.49. The molecule has 7 nitrogen and oxygen atoms in total. The van der Waals surface area contributed by atoms with E-state index >= 15 is 0 Å². The Morgan fingerprint density at radius 2 is 1.77 bits per heavy atom. The monoisotopic (exact) mass is 371 g/mol. The topological polar surface area (TPSA) is 112 Å². The third-order valence-corrected chi connectivity index (χ3v) is 3.64. The Kier molecular flexibility index (Phi) is 5.98. The van der Waals surface area contributed by atoms with Gasteiger partial charge < -0.3 is 16.0 Å². The van der Waals surface area contributed by atoms with Crippen LogP contribution in [0.3, 0.4) is 0 Å². The number of rotatable bonds is 3. The molecule has 1 heterocycles. The second-order valence-corrected chi connectivity index (χ2v) is 5.37. The van der Waals surface area contributed by atoms with Crippen LogP contribution in [0, 0.1) is 0 Å². The Morgan fingerprint density at radius 3 is 2.46 bits per heavy atom. The molecule has 26 heavy (non-hydrogen) atoms. The molecule has 8 heteroatoms. The Balaban J connectivity index is 0.00000243. The molecule has 0 fully saturated rings. The zero-order chi connectivity index (χ0) is 17.8. The highest BCUT2D eigenvalue weighted by molar-refractivity contribution is 6.07. The number of aromatic nitrogens is 1. The van der Waals surface area contributed by atoms with Gasteiger partial charge in [-0.25, -0.2) is 0 Å². The number of aromatic amines is 1. The van der Waals surface area contributed by atoms with Crippen LogP contribution in [0.2, 0.25) is 0 Å². The van der Waals surface area contributed by atoms with Crippen molar-refractivity contribution in [3.63, 3.8) is 0 Å². The van der Waals surface area contributed by atoms with Crippen molar-refractivity contribution in [3.8, 4) is 0 Å². The summed E-state index contributed by atoms with van der Waals surface area (Å²) in [5, 5.41) is 6.14. The number of hydrogen-bond acceptors (Lipinski definition) is 3. The van der Waals surface area contributed by atoms with Gasteiger partial charge in [0, 0.05) is 29.2 Å². The number of carbonyl (C=O) groups excluding carboxylic acids is 2. The summed E-state index contributed by atoms with van der Waals surface area (Å²) < 4.78 is 0. The number of H-pyrrole nitrogens is 1. The Hall–Kier alpha value is -3.32. The van der Waals surface area contributed by atoms with Crippen molar-refractivity contribution in [3.05, 3.63) is 65.9 Å². The van der Waals surface area contributed by atoms with E-state index in [0.29, 0.717) is 16.9 Å². The molecule has 2 aromatic carbocycles. The molecule has 0 bridgehead atoms. The van der Waals surface area contributed by atoms with Crippen LogP contribution in [-0.2, 0) is 0 Å². The predicted octanol–water partition coefficient (Wildman–Crippen LogP) is 2.52. The molecule has 0 saturated carbocycles. The van der Waals surface area contributed by atoms with Gasteiger partial charge in [-0.15, -0.1) is 12.4 Å². The van der Waals surface area contributed by atoms with E-state index in [1.165, 1.54) is 7.05 Å². The number of amides is 2. The minimum atomic E-state index is -0.380. The Bertz CT molecular complexity index is 966. The highest BCUT2D eigenvalue weighted by Crippen LogP contribution is 2.20. The van der Waals surface area contributed by atoms with Crippen molar-refractivity contribution >= 4 is 46.8 Å². The molecule has 0 saturated heterocycles. The molecule has 0 unspecified atom stereocenters. The third-order valence-electron chi connectivity index (χ3n) is 3.64. The second kappa shape index (κ2) is 8.17. The van der Waals surface area contributed by atoms with Crippen LogP contribution in [-0.4, -0.2) is 29.8 Å². The molecule has 3 rings (SSSR count). The minimum Gasteiger partial charge on any atom is -0.370 e. The van der Waals surface area contributed by atoms with Gasteiger partial charge in [0.1, 0.15) is 5.69 Å². The quantitative estimate of drug-likeness (QED) is 0.419. The molecule has 0 atom stereocenters.